The Balaban J connectivity index is 1.99. The van der Waals surface area contributed by atoms with Crippen molar-refractivity contribution in [2.24, 2.45) is 0 Å². The van der Waals surface area contributed by atoms with Gasteiger partial charge >= 0.3 is 6.01 Å². The number of hydrogen-bond acceptors (Lipinski definition) is 6. The van der Waals surface area contributed by atoms with Crippen LogP contribution in [0.3, 0.4) is 0 Å². The summed E-state index contributed by atoms with van der Waals surface area (Å²) >= 11 is 1.77. The summed E-state index contributed by atoms with van der Waals surface area (Å²) in [4.78, 5) is 2.56. The fourth-order valence-electron chi connectivity index (χ4n) is 1.48. The molecule has 2 heterocycles. The van der Waals surface area contributed by atoms with Crippen LogP contribution in [-0.2, 0) is 6.54 Å². The summed E-state index contributed by atoms with van der Waals surface area (Å²) in [5, 5.41) is 14.0. The molecule has 1 unspecified atom stereocenters. The molecule has 0 aromatic carbocycles. The molecule has 17 heavy (non-hydrogen) atoms. The number of rotatable bonds is 5. The maximum Gasteiger partial charge on any atom is 0.316 e. The molecule has 0 saturated carbocycles. The predicted molar refractivity (Wildman–Crippen MR) is 68.2 cm³/mol. The lowest BCUT2D eigenvalue weighted by Crippen LogP contribution is -2.05. The minimum absolute atomic E-state index is 0.177. The Morgan fingerprint density at radius 3 is 2.88 bits per heavy atom. The average Bonchev–Trinajstić information content (AvgIpc) is 2.88. The molecule has 0 bridgehead atoms. The molecular weight excluding hydrogens is 236 g/mol. The van der Waals surface area contributed by atoms with Crippen LogP contribution >= 0.6 is 11.3 Å². The SMILES string of the molecule is CNCc1nnc(NC(C)c2ccc(C)s2)o1. The van der Waals surface area contributed by atoms with E-state index in [9.17, 15) is 0 Å². The van der Waals surface area contributed by atoms with E-state index in [4.69, 9.17) is 4.42 Å². The number of aryl methyl sites for hydroxylation is 1. The van der Waals surface area contributed by atoms with Crippen LogP contribution in [0.2, 0.25) is 0 Å². The van der Waals surface area contributed by atoms with Gasteiger partial charge in [0.2, 0.25) is 5.89 Å². The maximum absolute atomic E-state index is 5.43. The van der Waals surface area contributed by atoms with Crippen LogP contribution in [0.15, 0.2) is 16.5 Å². The maximum atomic E-state index is 5.43. The minimum Gasteiger partial charge on any atom is -0.407 e. The van der Waals surface area contributed by atoms with Crippen LogP contribution in [0.25, 0.3) is 0 Å². The number of hydrogen-bond donors (Lipinski definition) is 2. The first-order valence-electron chi connectivity index (χ1n) is 5.49. The Morgan fingerprint density at radius 1 is 1.41 bits per heavy atom. The third-order valence-corrected chi connectivity index (χ3v) is 3.51. The van der Waals surface area contributed by atoms with E-state index in [1.54, 1.807) is 11.3 Å². The van der Waals surface area contributed by atoms with Gasteiger partial charge in [-0.25, -0.2) is 0 Å². The summed E-state index contributed by atoms with van der Waals surface area (Å²) in [5.41, 5.74) is 0. The van der Waals surface area contributed by atoms with Crippen molar-refractivity contribution < 1.29 is 4.42 Å². The lowest BCUT2D eigenvalue weighted by Gasteiger charge is -2.08. The third kappa shape index (κ3) is 3.04. The monoisotopic (exact) mass is 252 g/mol. The highest BCUT2D eigenvalue weighted by atomic mass is 32.1. The van der Waals surface area contributed by atoms with E-state index >= 15 is 0 Å². The van der Waals surface area contributed by atoms with Gasteiger partial charge in [0.15, 0.2) is 0 Å². The van der Waals surface area contributed by atoms with Crippen LogP contribution in [-0.4, -0.2) is 17.2 Å². The third-order valence-electron chi connectivity index (χ3n) is 2.32. The van der Waals surface area contributed by atoms with E-state index in [1.165, 1.54) is 9.75 Å². The van der Waals surface area contributed by atoms with Crippen molar-refractivity contribution in [3.8, 4) is 0 Å². The average molecular weight is 252 g/mol. The Morgan fingerprint density at radius 2 is 2.24 bits per heavy atom. The molecule has 2 aromatic rings. The van der Waals surface area contributed by atoms with Crippen molar-refractivity contribution >= 4 is 17.4 Å². The Kier molecular flexibility index (Phi) is 3.75. The molecule has 5 nitrogen and oxygen atoms in total. The highest BCUT2D eigenvalue weighted by Gasteiger charge is 2.11. The Hall–Kier alpha value is -1.40. The fraction of sp³-hybridized carbons (Fsp3) is 0.455. The smallest absolute Gasteiger partial charge is 0.316 e. The Labute approximate surface area is 104 Å². The minimum atomic E-state index is 0.177. The molecule has 0 fully saturated rings. The summed E-state index contributed by atoms with van der Waals surface area (Å²) in [7, 11) is 1.84. The van der Waals surface area contributed by atoms with Crippen molar-refractivity contribution in [2.75, 3.05) is 12.4 Å². The van der Waals surface area contributed by atoms with Gasteiger partial charge < -0.3 is 15.1 Å². The van der Waals surface area contributed by atoms with Gasteiger partial charge in [-0.05, 0) is 33.0 Å². The van der Waals surface area contributed by atoms with E-state index in [2.05, 4.69) is 46.8 Å². The van der Waals surface area contributed by atoms with Gasteiger partial charge in [0.05, 0.1) is 12.6 Å². The van der Waals surface area contributed by atoms with Crippen LogP contribution in [0.5, 0.6) is 0 Å². The van der Waals surface area contributed by atoms with Gasteiger partial charge in [0.25, 0.3) is 0 Å². The van der Waals surface area contributed by atoms with E-state index in [0.29, 0.717) is 18.5 Å². The summed E-state index contributed by atoms with van der Waals surface area (Å²) in [6, 6.07) is 4.87. The van der Waals surface area contributed by atoms with Gasteiger partial charge in [-0.1, -0.05) is 5.10 Å². The Bertz CT molecular complexity index is 479. The molecule has 0 saturated heterocycles. The van der Waals surface area contributed by atoms with E-state index < -0.39 is 0 Å². The van der Waals surface area contributed by atoms with Crippen molar-refractivity contribution in [1.82, 2.24) is 15.5 Å². The second-order valence-corrected chi connectivity index (χ2v) is 5.17. The molecule has 0 aliphatic heterocycles. The van der Waals surface area contributed by atoms with Gasteiger partial charge in [-0.15, -0.1) is 16.4 Å². The molecule has 92 valence electrons. The van der Waals surface area contributed by atoms with Crippen LogP contribution in [0, 0.1) is 6.92 Å². The van der Waals surface area contributed by atoms with Gasteiger partial charge in [-0.3, -0.25) is 0 Å². The van der Waals surface area contributed by atoms with Crippen molar-refractivity contribution in [2.45, 2.75) is 26.4 Å². The standard InChI is InChI=1S/C11H16N4OS/c1-7-4-5-9(17-7)8(2)13-11-15-14-10(16-11)6-12-3/h4-5,8,12H,6H2,1-3H3,(H,13,15). The van der Waals surface area contributed by atoms with Gasteiger partial charge in [0.1, 0.15) is 0 Å². The van der Waals surface area contributed by atoms with Crippen LogP contribution in [0.1, 0.15) is 28.6 Å². The number of aromatic nitrogens is 2. The second kappa shape index (κ2) is 5.29. The number of nitrogens with zero attached hydrogens (tertiary/aromatic N) is 2. The molecule has 2 aromatic heterocycles. The molecule has 0 aliphatic carbocycles. The quantitative estimate of drug-likeness (QED) is 0.855. The topological polar surface area (TPSA) is 63.0 Å². The van der Waals surface area contributed by atoms with Crippen molar-refractivity contribution in [3.05, 3.63) is 27.8 Å². The normalized spacial score (nSPS) is 12.6. The molecule has 0 spiro atoms. The summed E-state index contributed by atoms with van der Waals surface area (Å²) in [6.45, 7) is 4.76. The molecule has 6 heteroatoms. The van der Waals surface area contributed by atoms with Gasteiger partial charge in [-0.2, -0.15) is 0 Å². The van der Waals surface area contributed by atoms with Crippen molar-refractivity contribution in [1.29, 1.82) is 0 Å². The lowest BCUT2D eigenvalue weighted by atomic mass is 10.3. The first-order valence-corrected chi connectivity index (χ1v) is 6.30. The number of nitrogens with one attached hydrogen (secondary N) is 2. The highest BCUT2D eigenvalue weighted by molar-refractivity contribution is 7.12. The molecule has 2 rings (SSSR count). The second-order valence-electron chi connectivity index (χ2n) is 3.85. The first-order chi connectivity index (χ1) is 8.19. The molecule has 2 N–H and O–H groups in total. The molecular formula is C11H16N4OS. The van der Waals surface area contributed by atoms with Crippen LogP contribution < -0.4 is 10.6 Å². The molecule has 0 radical (unpaired) electrons. The van der Waals surface area contributed by atoms with E-state index in [-0.39, 0.29) is 6.04 Å². The lowest BCUT2D eigenvalue weighted by molar-refractivity contribution is 0.486. The summed E-state index contributed by atoms with van der Waals surface area (Å²) in [6.07, 6.45) is 0. The van der Waals surface area contributed by atoms with Crippen LogP contribution in [0.4, 0.5) is 6.01 Å². The molecule has 0 aliphatic rings. The van der Waals surface area contributed by atoms with E-state index in [1.807, 2.05) is 7.05 Å². The zero-order valence-corrected chi connectivity index (χ0v) is 11.0. The highest BCUT2D eigenvalue weighted by Crippen LogP contribution is 2.25. The van der Waals surface area contributed by atoms with E-state index in [0.717, 1.165) is 0 Å². The predicted octanol–water partition coefficient (Wildman–Crippen LogP) is 2.33. The first kappa shape index (κ1) is 12.1. The molecule has 0 amide bonds. The zero-order chi connectivity index (χ0) is 12.3. The summed E-state index contributed by atoms with van der Waals surface area (Å²) in [5.74, 6) is 0.588. The molecule has 1 atom stereocenters. The zero-order valence-electron chi connectivity index (χ0n) is 10.2. The largest absolute Gasteiger partial charge is 0.407 e. The number of anilines is 1. The fourth-order valence-corrected chi connectivity index (χ4v) is 2.36. The number of thiophene rings is 1. The van der Waals surface area contributed by atoms with Gasteiger partial charge in [0, 0.05) is 9.75 Å². The van der Waals surface area contributed by atoms with Crippen molar-refractivity contribution in [3.63, 3.8) is 0 Å². The summed E-state index contributed by atoms with van der Waals surface area (Å²) < 4.78 is 5.43.